The van der Waals surface area contributed by atoms with E-state index < -0.39 is 0 Å². The van der Waals surface area contributed by atoms with Gasteiger partial charge in [-0.15, -0.1) is 0 Å². The van der Waals surface area contributed by atoms with Crippen LogP contribution >= 0.6 is 22.6 Å². The lowest BCUT2D eigenvalue weighted by Crippen LogP contribution is -2.38. The maximum Gasteiger partial charge on any atom is 0.265 e. The fraction of sp³-hybridized carbons (Fsp3) is 0.556. The molecule has 0 atom stereocenters. The summed E-state index contributed by atoms with van der Waals surface area (Å²) in [5, 5.41) is 0. The van der Waals surface area contributed by atoms with E-state index in [1.54, 1.807) is 0 Å². The molecule has 15 heavy (non-hydrogen) atoms. The Morgan fingerprint density at radius 2 is 2.13 bits per heavy atom. The lowest BCUT2D eigenvalue weighted by atomic mass is 10.4. The van der Waals surface area contributed by atoms with Crippen molar-refractivity contribution in [1.29, 1.82) is 0 Å². The summed E-state index contributed by atoms with van der Waals surface area (Å²) in [5.74, 6) is 0.654. The monoisotopic (exact) mass is 321 g/mol. The van der Waals surface area contributed by atoms with Crippen LogP contribution in [-0.2, 0) is 4.74 Å². The van der Waals surface area contributed by atoms with Crippen molar-refractivity contribution in [3.05, 3.63) is 19.6 Å². The minimum Gasteiger partial charge on any atom is -0.378 e. The van der Waals surface area contributed by atoms with E-state index in [-0.39, 0.29) is 5.56 Å². The number of aromatic amines is 1. The van der Waals surface area contributed by atoms with Crippen molar-refractivity contribution in [2.75, 3.05) is 31.2 Å². The van der Waals surface area contributed by atoms with Crippen molar-refractivity contribution in [1.82, 2.24) is 9.97 Å². The summed E-state index contributed by atoms with van der Waals surface area (Å²) in [6, 6.07) is 0. The second-order valence-corrected chi connectivity index (χ2v) is 4.47. The quantitative estimate of drug-likeness (QED) is 0.766. The van der Waals surface area contributed by atoms with Gasteiger partial charge >= 0.3 is 0 Å². The zero-order chi connectivity index (χ0) is 10.8. The van der Waals surface area contributed by atoms with Gasteiger partial charge in [0.05, 0.1) is 22.5 Å². The molecule has 0 aliphatic carbocycles. The van der Waals surface area contributed by atoms with Crippen molar-refractivity contribution in [2.24, 2.45) is 0 Å². The van der Waals surface area contributed by atoms with E-state index in [9.17, 15) is 4.79 Å². The predicted octanol–water partition coefficient (Wildman–Crippen LogP) is 0.520. The number of hydrogen-bond donors (Lipinski definition) is 1. The standard InChI is InChI=1S/C9H12IN3O2/c1-6-7(10)8(14)12-9(11-6)13-2-4-15-5-3-13/h2-5H2,1H3,(H,11,12,14). The van der Waals surface area contributed by atoms with Crippen LogP contribution in [0.15, 0.2) is 4.79 Å². The number of rotatable bonds is 1. The van der Waals surface area contributed by atoms with Crippen LogP contribution < -0.4 is 10.5 Å². The van der Waals surface area contributed by atoms with E-state index in [0.29, 0.717) is 22.7 Å². The zero-order valence-corrected chi connectivity index (χ0v) is 10.6. The second-order valence-electron chi connectivity index (χ2n) is 3.39. The molecule has 0 bridgehead atoms. The van der Waals surface area contributed by atoms with Gasteiger partial charge in [0.2, 0.25) is 5.95 Å². The molecule has 2 rings (SSSR count). The summed E-state index contributed by atoms with van der Waals surface area (Å²) < 4.78 is 5.90. The molecule has 1 N–H and O–H groups in total. The lowest BCUT2D eigenvalue weighted by Gasteiger charge is -2.27. The first-order chi connectivity index (χ1) is 7.18. The summed E-state index contributed by atoms with van der Waals surface area (Å²) >= 11 is 2.01. The van der Waals surface area contributed by atoms with Crippen molar-refractivity contribution < 1.29 is 4.74 Å². The molecule has 0 unspecified atom stereocenters. The number of ether oxygens (including phenoxy) is 1. The first kappa shape index (κ1) is 10.9. The van der Waals surface area contributed by atoms with E-state index >= 15 is 0 Å². The summed E-state index contributed by atoms with van der Waals surface area (Å²) in [6.45, 7) is 4.79. The molecule has 1 aliphatic rings. The Hall–Kier alpha value is -0.630. The van der Waals surface area contributed by atoms with Crippen LogP contribution in [0.2, 0.25) is 0 Å². The molecule has 1 aromatic heterocycles. The molecular weight excluding hydrogens is 309 g/mol. The van der Waals surface area contributed by atoms with E-state index in [1.165, 1.54) is 0 Å². The van der Waals surface area contributed by atoms with Crippen LogP contribution in [0.5, 0.6) is 0 Å². The van der Waals surface area contributed by atoms with E-state index in [1.807, 2.05) is 34.4 Å². The number of halogens is 1. The number of morpholine rings is 1. The fourth-order valence-corrected chi connectivity index (χ4v) is 1.74. The normalized spacial score (nSPS) is 16.8. The molecule has 1 aliphatic heterocycles. The zero-order valence-electron chi connectivity index (χ0n) is 8.42. The Bertz CT molecular complexity index is 412. The smallest absolute Gasteiger partial charge is 0.265 e. The first-order valence-electron chi connectivity index (χ1n) is 4.77. The third-order valence-electron chi connectivity index (χ3n) is 2.33. The third kappa shape index (κ3) is 2.31. The average molecular weight is 321 g/mol. The lowest BCUT2D eigenvalue weighted by molar-refractivity contribution is 0.122. The van der Waals surface area contributed by atoms with Gasteiger partial charge in [-0.05, 0) is 29.5 Å². The van der Waals surface area contributed by atoms with Crippen molar-refractivity contribution >= 4 is 28.5 Å². The topological polar surface area (TPSA) is 58.2 Å². The summed E-state index contributed by atoms with van der Waals surface area (Å²) in [6.07, 6.45) is 0. The largest absolute Gasteiger partial charge is 0.378 e. The SMILES string of the molecule is Cc1nc(N2CCOCC2)[nH]c(=O)c1I. The minimum absolute atomic E-state index is 0.0652. The molecule has 0 aromatic carbocycles. The number of H-pyrrole nitrogens is 1. The molecular formula is C9H12IN3O2. The van der Waals surface area contributed by atoms with Crippen LogP contribution in [-0.4, -0.2) is 36.3 Å². The van der Waals surface area contributed by atoms with Gasteiger partial charge in [0.15, 0.2) is 0 Å². The predicted molar refractivity (Wildman–Crippen MR) is 65.3 cm³/mol. The van der Waals surface area contributed by atoms with Gasteiger partial charge in [0, 0.05) is 13.1 Å². The summed E-state index contributed by atoms with van der Waals surface area (Å²) in [7, 11) is 0. The summed E-state index contributed by atoms with van der Waals surface area (Å²) in [5.41, 5.74) is 0.713. The van der Waals surface area contributed by atoms with Crippen LogP contribution in [0.1, 0.15) is 5.69 Å². The minimum atomic E-state index is -0.0652. The second kappa shape index (κ2) is 4.48. The number of nitrogens with zero attached hydrogens (tertiary/aromatic N) is 2. The van der Waals surface area contributed by atoms with Crippen molar-refractivity contribution in [3.8, 4) is 0 Å². The molecule has 0 radical (unpaired) electrons. The number of anilines is 1. The third-order valence-corrected chi connectivity index (χ3v) is 3.60. The Labute approximate surface area is 101 Å². The maximum atomic E-state index is 11.5. The Morgan fingerprint density at radius 3 is 2.73 bits per heavy atom. The maximum absolute atomic E-state index is 11.5. The number of nitrogens with one attached hydrogen (secondary N) is 1. The highest BCUT2D eigenvalue weighted by atomic mass is 127. The van der Waals surface area contributed by atoms with Crippen molar-refractivity contribution in [3.63, 3.8) is 0 Å². The van der Waals surface area contributed by atoms with E-state index in [0.717, 1.165) is 18.8 Å². The molecule has 1 saturated heterocycles. The highest BCUT2D eigenvalue weighted by Gasteiger charge is 2.14. The first-order valence-corrected chi connectivity index (χ1v) is 5.85. The molecule has 0 spiro atoms. The highest BCUT2D eigenvalue weighted by molar-refractivity contribution is 14.1. The molecule has 82 valence electrons. The van der Waals surface area contributed by atoms with Gasteiger partial charge in [0.25, 0.3) is 5.56 Å². The Balaban J connectivity index is 2.32. The molecule has 0 saturated carbocycles. The van der Waals surface area contributed by atoms with Crippen LogP contribution in [0.3, 0.4) is 0 Å². The average Bonchev–Trinajstić information content (AvgIpc) is 2.26. The van der Waals surface area contributed by atoms with Crippen molar-refractivity contribution in [2.45, 2.75) is 6.92 Å². The number of aromatic nitrogens is 2. The Kier molecular flexibility index (Phi) is 3.25. The van der Waals surface area contributed by atoms with Gasteiger partial charge in [0.1, 0.15) is 0 Å². The molecule has 6 heteroatoms. The molecule has 1 aromatic rings. The Morgan fingerprint density at radius 1 is 1.47 bits per heavy atom. The van der Waals surface area contributed by atoms with Crippen LogP contribution in [0.4, 0.5) is 5.95 Å². The molecule has 0 amide bonds. The van der Waals surface area contributed by atoms with E-state index in [2.05, 4.69) is 9.97 Å². The van der Waals surface area contributed by atoms with E-state index in [4.69, 9.17) is 4.74 Å². The van der Waals surface area contributed by atoms with Gasteiger partial charge in [-0.3, -0.25) is 9.78 Å². The van der Waals surface area contributed by atoms with Crippen LogP contribution in [0.25, 0.3) is 0 Å². The summed E-state index contributed by atoms with van der Waals surface area (Å²) in [4.78, 5) is 20.7. The van der Waals surface area contributed by atoms with Gasteiger partial charge < -0.3 is 9.64 Å². The molecule has 2 heterocycles. The highest BCUT2D eigenvalue weighted by Crippen LogP contribution is 2.10. The number of hydrogen-bond acceptors (Lipinski definition) is 4. The van der Waals surface area contributed by atoms with Gasteiger partial charge in [-0.1, -0.05) is 0 Å². The number of aryl methyl sites for hydroxylation is 1. The molecule has 1 fully saturated rings. The molecule has 5 nitrogen and oxygen atoms in total. The van der Waals surface area contributed by atoms with Crippen LogP contribution in [0, 0.1) is 10.5 Å². The fourth-order valence-electron chi connectivity index (χ4n) is 1.48. The van der Waals surface area contributed by atoms with Gasteiger partial charge in [-0.2, -0.15) is 0 Å². The van der Waals surface area contributed by atoms with Gasteiger partial charge in [-0.25, -0.2) is 4.98 Å².